The molecule has 0 saturated heterocycles. The lowest BCUT2D eigenvalue weighted by Gasteiger charge is -2.09. The first-order valence-electron chi connectivity index (χ1n) is 8.69. The molecule has 0 unspecified atom stereocenters. The molecule has 0 aliphatic carbocycles. The van der Waals surface area contributed by atoms with Crippen LogP contribution < -0.4 is 10.1 Å². The van der Waals surface area contributed by atoms with E-state index in [1.807, 2.05) is 62.4 Å². The second kappa shape index (κ2) is 8.64. The van der Waals surface area contributed by atoms with Crippen LogP contribution in [0.15, 0.2) is 52.9 Å². The van der Waals surface area contributed by atoms with Crippen molar-refractivity contribution in [3.05, 3.63) is 70.4 Å². The highest BCUT2D eigenvalue weighted by molar-refractivity contribution is 7.71. The monoisotopic (exact) mass is 383 g/mol. The Labute approximate surface area is 162 Å². The summed E-state index contributed by atoms with van der Waals surface area (Å²) >= 11 is 5.15. The van der Waals surface area contributed by atoms with Gasteiger partial charge in [0.15, 0.2) is 6.61 Å². The van der Waals surface area contributed by atoms with E-state index in [0.29, 0.717) is 5.89 Å². The van der Waals surface area contributed by atoms with Gasteiger partial charge in [0.1, 0.15) is 12.3 Å². The molecule has 1 aromatic heterocycles. The van der Waals surface area contributed by atoms with E-state index < -0.39 is 0 Å². The van der Waals surface area contributed by atoms with Gasteiger partial charge in [0.2, 0.25) is 5.91 Å². The van der Waals surface area contributed by atoms with Crippen LogP contribution in [0.25, 0.3) is 0 Å². The van der Waals surface area contributed by atoms with Crippen LogP contribution >= 0.6 is 12.2 Å². The lowest BCUT2D eigenvalue weighted by atomic mass is 10.1. The molecule has 27 heavy (non-hydrogen) atoms. The SMILES string of the molecule is CCc1ccccc1NC(=O)Cn1nc(COc2cccc(C)c2)oc1=S. The van der Waals surface area contributed by atoms with Crippen LogP contribution in [0.4, 0.5) is 5.69 Å². The lowest BCUT2D eigenvalue weighted by Crippen LogP contribution is -2.20. The number of aryl methyl sites for hydroxylation is 2. The Morgan fingerprint density at radius 2 is 2.07 bits per heavy atom. The molecule has 0 aliphatic heterocycles. The third kappa shape index (κ3) is 5.04. The summed E-state index contributed by atoms with van der Waals surface area (Å²) < 4.78 is 12.4. The van der Waals surface area contributed by atoms with Gasteiger partial charge in [-0.1, -0.05) is 37.3 Å². The molecule has 1 N–H and O–H groups in total. The van der Waals surface area contributed by atoms with Gasteiger partial charge in [-0.15, -0.1) is 5.10 Å². The molecule has 1 amide bonds. The largest absolute Gasteiger partial charge is 0.484 e. The van der Waals surface area contributed by atoms with E-state index in [1.54, 1.807) is 0 Å². The summed E-state index contributed by atoms with van der Waals surface area (Å²) in [5.74, 6) is 0.828. The minimum Gasteiger partial charge on any atom is -0.484 e. The number of benzene rings is 2. The van der Waals surface area contributed by atoms with Crippen molar-refractivity contribution in [3.63, 3.8) is 0 Å². The average Bonchev–Trinajstić information content (AvgIpc) is 3.00. The summed E-state index contributed by atoms with van der Waals surface area (Å²) in [5.41, 5.74) is 2.97. The van der Waals surface area contributed by atoms with Crippen LogP contribution in [0.5, 0.6) is 5.75 Å². The van der Waals surface area contributed by atoms with Crippen LogP contribution in [-0.4, -0.2) is 15.7 Å². The lowest BCUT2D eigenvalue weighted by molar-refractivity contribution is -0.117. The first-order valence-corrected chi connectivity index (χ1v) is 9.10. The number of ether oxygens (including phenoxy) is 1. The topological polar surface area (TPSA) is 69.3 Å². The Bertz CT molecular complexity index is 994. The van der Waals surface area contributed by atoms with Gasteiger partial charge in [0.05, 0.1) is 0 Å². The van der Waals surface area contributed by atoms with E-state index in [0.717, 1.165) is 29.0 Å². The summed E-state index contributed by atoms with van der Waals surface area (Å²) in [4.78, 5) is 12.5. The Hall–Kier alpha value is -2.93. The van der Waals surface area contributed by atoms with E-state index in [1.165, 1.54) is 4.68 Å². The molecule has 0 fully saturated rings. The minimum atomic E-state index is -0.216. The molecule has 2 aromatic carbocycles. The number of anilines is 1. The molecule has 140 valence electrons. The van der Waals surface area contributed by atoms with Gasteiger partial charge in [-0.25, -0.2) is 4.68 Å². The maximum Gasteiger partial charge on any atom is 0.287 e. The first-order chi connectivity index (χ1) is 13.0. The molecule has 0 radical (unpaired) electrons. The molecule has 0 atom stereocenters. The van der Waals surface area contributed by atoms with E-state index in [9.17, 15) is 4.79 Å². The van der Waals surface area contributed by atoms with Crippen molar-refractivity contribution in [2.75, 3.05) is 5.32 Å². The van der Waals surface area contributed by atoms with Gasteiger partial charge in [-0.3, -0.25) is 4.79 Å². The third-order valence-electron chi connectivity index (χ3n) is 3.97. The fourth-order valence-electron chi connectivity index (χ4n) is 2.63. The maximum atomic E-state index is 12.3. The summed E-state index contributed by atoms with van der Waals surface area (Å²) in [6.07, 6.45) is 0.834. The Morgan fingerprint density at radius 3 is 2.85 bits per heavy atom. The zero-order valence-electron chi connectivity index (χ0n) is 15.3. The highest BCUT2D eigenvalue weighted by Gasteiger charge is 2.12. The fourth-order valence-corrected chi connectivity index (χ4v) is 2.84. The van der Waals surface area contributed by atoms with Gasteiger partial charge in [0, 0.05) is 5.69 Å². The highest BCUT2D eigenvalue weighted by atomic mass is 32.1. The van der Waals surface area contributed by atoms with Crippen LogP contribution in [0.3, 0.4) is 0 Å². The number of para-hydroxylation sites is 1. The first kappa shape index (κ1) is 18.8. The van der Waals surface area contributed by atoms with Crippen LogP contribution in [0.1, 0.15) is 23.9 Å². The van der Waals surface area contributed by atoms with Crippen molar-refractivity contribution >= 4 is 23.8 Å². The minimum absolute atomic E-state index is 0.0230. The Kier molecular flexibility index (Phi) is 6.03. The number of hydrogen-bond donors (Lipinski definition) is 1. The second-order valence-electron chi connectivity index (χ2n) is 6.08. The molecule has 3 aromatic rings. The number of amides is 1. The van der Waals surface area contributed by atoms with Gasteiger partial charge in [0.25, 0.3) is 10.7 Å². The van der Waals surface area contributed by atoms with Crippen molar-refractivity contribution in [2.45, 2.75) is 33.4 Å². The van der Waals surface area contributed by atoms with E-state index in [2.05, 4.69) is 10.4 Å². The molecule has 7 heteroatoms. The zero-order valence-corrected chi connectivity index (χ0v) is 16.1. The quantitative estimate of drug-likeness (QED) is 0.616. The van der Waals surface area contributed by atoms with E-state index >= 15 is 0 Å². The molecule has 1 heterocycles. The highest BCUT2D eigenvalue weighted by Crippen LogP contribution is 2.16. The normalized spacial score (nSPS) is 10.6. The Morgan fingerprint density at radius 1 is 1.26 bits per heavy atom. The summed E-state index contributed by atoms with van der Waals surface area (Å²) in [5, 5.41) is 7.12. The van der Waals surface area contributed by atoms with Gasteiger partial charge < -0.3 is 14.5 Å². The second-order valence-corrected chi connectivity index (χ2v) is 6.43. The molecule has 6 nitrogen and oxygen atoms in total. The third-order valence-corrected chi connectivity index (χ3v) is 4.26. The predicted molar refractivity (Wildman–Crippen MR) is 105 cm³/mol. The number of hydrogen-bond acceptors (Lipinski definition) is 5. The summed E-state index contributed by atoms with van der Waals surface area (Å²) in [6, 6.07) is 15.4. The van der Waals surface area contributed by atoms with Crippen molar-refractivity contribution < 1.29 is 13.9 Å². The van der Waals surface area contributed by atoms with Gasteiger partial charge in [-0.2, -0.15) is 0 Å². The van der Waals surface area contributed by atoms with Crippen LogP contribution in [-0.2, 0) is 24.4 Å². The van der Waals surface area contributed by atoms with Crippen molar-refractivity contribution in [2.24, 2.45) is 0 Å². The number of aromatic nitrogens is 2. The number of carbonyl (C=O) groups is 1. The van der Waals surface area contributed by atoms with Crippen LogP contribution in [0.2, 0.25) is 0 Å². The van der Waals surface area contributed by atoms with Gasteiger partial charge >= 0.3 is 0 Å². The standard InChI is InChI=1S/C20H21N3O3S/c1-3-15-8-4-5-10-17(15)21-18(24)12-23-20(27)26-19(22-23)13-25-16-9-6-7-14(2)11-16/h4-11H,3,12-13H2,1-2H3,(H,21,24). The molecule has 0 saturated carbocycles. The smallest absolute Gasteiger partial charge is 0.287 e. The number of nitrogens with zero attached hydrogens (tertiary/aromatic N) is 2. The number of rotatable bonds is 7. The fraction of sp³-hybridized carbons (Fsp3) is 0.250. The molecular weight excluding hydrogens is 362 g/mol. The van der Waals surface area contributed by atoms with Crippen molar-refractivity contribution in [1.29, 1.82) is 0 Å². The zero-order chi connectivity index (χ0) is 19.2. The van der Waals surface area contributed by atoms with Crippen molar-refractivity contribution in [3.8, 4) is 5.75 Å². The molecular formula is C20H21N3O3S. The molecule has 0 spiro atoms. The van der Waals surface area contributed by atoms with Gasteiger partial charge in [-0.05, 0) is 54.9 Å². The van der Waals surface area contributed by atoms with E-state index in [4.69, 9.17) is 21.4 Å². The maximum absolute atomic E-state index is 12.3. The number of carbonyl (C=O) groups excluding carboxylic acids is 1. The van der Waals surface area contributed by atoms with E-state index in [-0.39, 0.29) is 23.9 Å². The van der Waals surface area contributed by atoms with Crippen LogP contribution in [0, 0.1) is 11.8 Å². The van der Waals surface area contributed by atoms with Crippen molar-refractivity contribution in [1.82, 2.24) is 9.78 Å². The average molecular weight is 383 g/mol. The summed E-state index contributed by atoms with van der Waals surface area (Å²) in [7, 11) is 0. The molecule has 0 aliphatic rings. The predicted octanol–water partition coefficient (Wildman–Crippen LogP) is 4.29. The molecule has 3 rings (SSSR count). The molecule has 0 bridgehead atoms. The Balaban J connectivity index is 1.62. The number of nitrogens with one attached hydrogen (secondary N) is 1. The summed E-state index contributed by atoms with van der Waals surface area (Å²) in [6.45, 7) is 4.15.